The summed E-state index contributed by atoms with van der Waals surface area (Å²) < 4.78 is 5.75. The van der Waals surface area contributed by atoms with E-state index in [0.29, 0.717) is 27.8 Å². The molecule has 0 aliphatic rings. The van der Waals surface area contributed by atoms with E-state index in [1.165, 1.54) is 13.1 Å². The lowest BCUT2D eigenvalue weighted by molar-refractivity contribution is -0.114. The molecule has 0 saturated carbocycles. The Morgan fingerprint density at radius 3 is 2.54 bits per heavy atom. The smallest absolute Gasteiger partial charge is 0.271 e. The number of carbonyl (C=O) groups is 2. The van der Waals surface area contributed by atoms with Gasteiger partial charge in [0.2, 0.25) is 5.91 Å². The van der Waals surface area contributed by atoms with E-state index in [1.807, 2.05) is 31.2 Å². The maximum atomic E-state index is 12.1. The third-order valence-electron chi connectivity index (χ3n) is 3.92. The third kappa shape index (κ3) is 4.86. The minimum absolute atomic E-state index is 0.174. The largest absolute Gasteiger partial charge is 0.455 e. The number of anilines is 1. The van der Waals surface area contributed by atoms with Crippen LogP contribution in [0.25, 0.3) is 11.3 Å². The molecular weight excluding hydrogens is 378 g/mol. The summed E-state index contributed by atoms with van der Waals surface area (Å²) in [7, 11) is 0. The highest BCUT2D eigenvalue weighted by Gasteiger charge is 2.08. The van der Waals surface area contributed by atoms with Crippen molar-refractivity contribution in [2.45, 2.75) is 13.8 Å². The Kier molecular flexibility index (Phi) is 5.91. The van der Waals surface area contributed by atoms with Gasteiger partial charge in [-0.15, -0.1) is 0 Å². The molecule has 28 heavy (non-hydrogen) atoms. The van der Waals surface area contributed by atoms with Gasteiger partial charge in [0.25, 0.3) is 5.91 Å². The van der Waals surface area contributed by atoms with Crippen molar-refractivity contribution in [1.29, 1.82) is 0 Å². The number of furan rings is 1. The molecule has 3 rings (SSSR count). The fourth-order valence-corrected chi connectivity index (χ4v) is 2.73. The molecule has 2 amide bonds. The van der Waals surface area contributed by atoms with Gasteiger partial charge in [-0.1, -0.05) is 17.7 Å². The summed E-state index contributed by atoms with van der Waals surface area (Å²) in [6.07, 6.45) is 1.42. The van der Waals surface area contributed by atoms with Gasteiger partial charge in [0.1, 0.15) is 11.5 Å². The first-order valence-corrected chi connectivity index (χ1v) is 8.87. The second-order valence-electron chi connectivity index (χ2n) is 6.12. The Morgan fingerprint density at radius 2 is 1.82 bits per heavy atom. The predicted molar refractivity (Wildman–Crippen MR) is 110 cm³/mol. The van der Waals surface area contributed by atoms with Crippen LogP contribution in [0.4, 0.5) is 5.69 Å². The Morgan fingerprint density at radius 1 is 1.07 bits per heavy atom. The van der Waals surface area contributed by atoms with Gasteiger partial charge in [0.15, 0.2) is 0 Å². The Bertz CT molecular complexity index is 1040. The zero-order chi connectivity index (χ0) is 20.1. The van der Waals surface area contributed by atoms with Crippen LogP contribution in [-0.4, -0.2) is 18.0 Å². The molecule has 0 saturated heterocycles. The molecule has 6 nitrogen and oxygen atoms in total. The second-order valence-corrected chi connectivity index (χ2v) is 6.56. The molecule has 0 atom stereocenters. The van der Waals surface area contributed by atoms with Gasteiger partial charge in [-0.05, 0) is 61.0 Å². The van der Waals surface area contributed by atoms with Crippen molar-refractivity contribution in [2.75, 3.05) is 5.32 Å². The van der Waals surface area contributed by atoms with Crippen LogP contribution < -0.4 is 10.7 Å². The Labute approximate surface area is 167 Å². The van der Waals surface area contributed by atoms with Gasteiger partial charge in [-0.3, -0.25) is 9.59 Å². The lowest BCUT2D eigenvalue weighted by Gasteiger charge is -2.03. The summed E-state index contributed by atoms with van der Waals surface area (Å²) in [5, 5.41) is 7.19. The van der Waals surface area contributed by atoms with Crippen molar-refractivity contribution >= 4 is 35.3 Å². The van der Waals surface area contributed by atoms with Crippen molar-refractivity contribution in [3.05, 3.63) is 76.5 Å². The van der Waals surface area contributed by atoms with E-state index >= 15 is 0 Å². The number of hydrogen-bond donors (Lipinski definition) is 2. The van der Waals surface area contributed by atoms with E-state index in [1.54, 1.807) is 30.3 Å². The summed E-state index contributed by atoms with van der Waals surface area (Å²) in [6.45, 7) is 3.39. The van der Waals surface area contributed by atoms with E-state index in [-0.39, 0.29) is 11.8 Å². The fraction of sp³-hybridized carbons (Fsp3) is 0.0952. The van der Waals surface area contributed by atoms with Crippen LogP contribution >= 0.6 is 11.6 Å². The summed E-state index contributed by atoms with van der Waals surface area (Å²) in [4.78, 5) is 23.1. The molecule has 1 heterocycles. The predicted octanol–water partition coefficient (Wildman–Crippen LogP) is 4.63. The number of hydrogen-bond acceptors (Lipinski definition) is 4. The summed E-state index contributed by atoms with van der Waals surface area (Å²) in [5.41, 5.74) is 5.41. The standard InChI is InChI=1S/C21H18ClN3O3/c1-13-3-6-16(22)11-19(13)20-10-9-18(28-20)12-23-25-21(27)15-4-7-17(8-5-15)24-14(2)26/h3-12H,1-2H3,(H,24,26)(H,25,27). The lowest BCUT2D eigenvalue weighted by atomic mass is 10.1. The molecule has 1 aromatic heterocycles. The maximum absolute atomic E-state index is 12.1. The highest BCUT2D eigenvalue weighted by atomic mass is 35.5. The van der Waals surface area contributed by atoms with Crippen LogP contribution in [0.2, 0.25) is 5.02 Å². The maximum Gasteiger partial charge on any atom is 0.271 e. The molecule has 0 spiro atoms. The van der Waals surface area contributed by atoms with Gasteiger partial charge in [-0.25, -0.2) is 5.43 Å². The number of rotatable bonds is 5. The van der Waals surface area contributed by atoms with Crippen molar-refractivity contribution in [3.63, 3.8) is 0 Å². The van der Waals surface area contributed by atoms with Gasteiger partial charge in [-0.2, -0.15) is 5.10 Å². The third-order valence-corrected chi connectivity index (χ3v) is 4.15. The molecule has 7 heteroatoms. The van der Waals surface area contributed by atoms with E-state index in [2.05, 4.69) is 15.8 Å². The average molecular weight is 396 g/mol. The number of amides is 2. The average Bonchev–Trinajstić information content (AvgIpc) is 3.12. The monoisotopic (exact) mass is 395 g/mol. The number of hydrazone groups is 1. The highest BCUT2D eigenvalue weighted by molar-refractivity contribution is 6.30. The molecule has 0 fully saturated rings. The molecule has 142 valence electrons. The van der Waals surface area contributed by atoms with E-state index in [4.69, 9.17) is 16.0 Å². The van der Waals surface area contributed by atoms with Crippen LogP contribution in [0.15, 0.2) is 64.1 Å². The van der Waals surface area contributed by atoms with E-state index < -0.39 is 0 Å². The molecule has 0 unspecified atom stereocenters. The van der Waals surface area contributed by atoms with Gasteiger partial charge in [0, 0.05) is 28.8 Å². The van der Waals surface area contributed by atoms with Crippen molar-refractivity contribution in [3.8, 4) is 11.3 Å². The van der Waals surface area contributed by atoms with Crippen LogP contribution in [0.5, 0.6) is 0 Å². The van der Waals surface area contributed by atoms with Crippen LogP contribution in [0, 0.1) is 6.92 Å². The normalized spacial score (nSPS) is 10.8. The van der Waals surface area contributed by atoms with E-state index in [0.717, 1.165) is 11.1 Å². The number of nitrogens with one attached hydrogen (secondary N) is 2. The fourth-order valence-electron chi connectivity index (χ4n) is 2.55. The highest BCUT2D eigenvalue weighted by Crippen LogP contribution is 2.27. The van der Waals surface area contributed by atoms with Crippen LogP contribution in [0.3, 0.4) is 0 Å². The number of carbonyl (C=O) groups excluding carboxylic acids is 2. The zero-order valence-corrected chi connectivity index (χ0v) is 16.1. The molecule has 2 aromatic carbocycles. The molecular formula is C21H18ClN3O3. The van der Waals surface area contributed by atoms with Crippen LogP contribution in [-0.2, 0) is 4.79 Å². The number of benzene rings is 2. The Hall–Kier alpha value is -3.38. The second kappa shape index (κ2) is 8.54. The SMILES string of the molecule is CC(=O)Nc1ccc(C(=O)NN=Cc2ccc(-c3cc(Cl)ccc3C)o2)cc1. The van der Waals surface area contributed by atoms with Gasteiger partial charge >= 0.3 is 0 Å². The Balaban J connectivity index is 1.63. The summed E-state index contributed by atoms with van der Waals surface area (Å²) >= 11 is 6.05. The number of aryl methyl sites for hydroxylation is 1. The molecule has 0 bridgehead atoms. The summed E-state index contributed by atoms with van der Waals surface area (Å²) in [6, 6.07) is 15.7. The topological polar surface area (TPSA) is 83.7 Å². The van der Waals surface area contributed by atoms with E-state index in [9.17, 15) is 9.59 Å². The zero-order valence-electron chi connectivity index (χ0n) is 15.3. The lowest BCUT2D eigenvalue weighted by Crippen LogP contribution is -2.17. The number of halogens is 1. The van der Waals surface area contributed by atoms with Crippen molar-refractivity contribution in [2.24, 2.45) is 5.10 Å². The summed E-state index contributed by atoms with van der Waals surface area (Å²) in [5.74, 6) is 0.618. The van der Waals surface area contributed by atoms with Gasteiger partial charge in [0.05, 0.1) is 6.21 Å². The van der Waals surface area contributed by atoms with Crippen molar-refractivity contribution < 1.29 is 14.0 Å². The minimum Gasteiger partial charge on any atom is -0.455 e. The molecule has 0 aliphatic carbocycles. The van der Waals surface area contributed by atoms with Crippen LogP contribution in [0.1, 0.15) is 28.6 Å². The van der Waals surface area contributed by atoms with Crippen molar-refractivity contribution in [1.82, 2.24) is 5.43 Å². The molecule has 2 N–H and O–H groups in total. The minimum atomic E-state index is -0.372. The quantitative estimate of drug-likeness (QED) is 0.488. The molecule has 3 aromatic rings. The number of nitrogens with zero attached hydrogens (tertiary/aromatic N) is 1. The molecule has 0 aliphatic heterocycles. The molecule has 0 radical (unpaired) electrons. The first kappa shape index (κ1) is 19.4. The first-order chi connectivity index (χ1) is 13.4. The van der Waals surface area contributed by atoms with Gasteiger partial charge < -0.3 is 9.73 Å². The first-order valence-electron chi connectivity index (χ1n) is 8.50.